The van der Waals surface area contributed by atoms with Crippen molar-refractivity contribution in [2.24, 2.45) is 5.73 Å². The van der Waals surface area contributed by atoms with Crippen LogP contribution in [0.15, 0.2) is 51.4 Å². The van der Waals surface area contributed by atoms with E-state index in [4.69, 9.17) is 15.2 Å². The molecule has 21 heavy (non-hydrogen) atoms. The van der Waals surface area contributed by atoms with Crippen molar-refractivity contribution in [1.29, 1.82) is 0 Å². The molecule has 0 saturated heterocycles. The average Bonchev–Trinajstić information content (AvgIpc) is 2.44. The van der Waals surface area contributed by atoms with Gasteiger partial charge in [-0.15, -0.1) is 0 Å². The van der Waals surface area contributed by atoms with Crippen LogP contribution < -0.4 is 15.2 Å². The van der Waals surface area contributed by atoms with Crippen molar-refractivity contribution in [3.8, 4) is 11.5 Å². The first-order chi connectivity index (χ1) is 10.1. The number of hydrogen-bond acceptors (Lipinski definition) is 3. The molecule has 0 radical (unpaired) electrons. The first-order valence-corrected chi connectivity index (χ1v) is 8.21. The Hall–Kier alpha value is -1.04. The van der Waals surface area contributed by atoms with E-state index in [0.717, 1.165) is 26.0 Å². The number of halogens is 2. The maximum atomic E-state index is 5.96. The van der Waals surface area contributed by atoms with Crippen LogP contribution in [0.25, 0.3) is 0 Å². The Morgan fingerprint density at radius 1 is 1.00 bits per heavy atom. The molecule has 0 fully saturated rings. The number of nitrogens with two attached hydrogens (primary N) is 1. The predicted octanol–water partition coefficient (Wildman–Crippen LogP) is 4.69. The van der Waals surface area contributed by atoms with E-state index in [-0.39, 0.29) is 6.04 Å². The summed E-state index contributed by atoms with van der Waals surface area (Å²) in [6.45, 7) is 2.88. The largest absolute Gasteiger partial charge is 0.490 e. The summed E-state index contributed by atoms with van der Waals surface area (Å²) in [5.41, 5.74) is 6.94. The highest BCUT2D eigenvalue weighted by Crippen LogP contribution is 2.27. The van der Waals surface area contributed by atoms with Crippen molar-refractivity contribution < 1.29 is 9.47 Å². The molecule has 5 heteroatoms. The first kappa shape index (κ1) is 16.3. The van der Waals surface area contributed by atoms with Crippen LogP contribution in [0, 0.1) is 0 Å². The molecule has 0 heterocycles. The normalized spacial score (nSPS) is 12.0. The van der Waals surface area contributed by atoms with Crippen LogP contribution in [0.2, 0.25) is 0 Å². The zero-order chi connectivity index (χ0) is 15.2. The van der Waals surface area contributed by atoms with E-state index in [1.807, 2.05) is 49.4 Å². The highest BCUT2D eigenvalue weighted by atomic mass is 79.9. The summed E-state index contributed by atoms with van der Waals surface area (Å²) in [7, 11) is 0. The summed E-state index contributed by atoms with van der Waals surface area (Å²) in [6, 6.07) is 13.5. The maximum Gasteiger partial charge on any atom is 0.124 e. The Labute approximate surface area is 141 Å². The zero-order valence-corrected chi connectivity index (χ0v) is 14.9. The van der Waals surface area contributed by atoms with Crippen molar-refractivity contribution in [2.75, 3.05) is 13.2 Å². The van der Waals surface area contributed by atoms with Crippen LogP contribution in [0.1, 0.15) is 18.5 Å². The topological polar surface area (TPSA) is 44.5 Å². The van der Waals surface area contributed by atoms with Crippen LogP contribution in [0.5, 0.6) is 11.5 Å². The first-order valence-electron chi connectivity index (χ1n) is 6.62. The number of benzene rings is 2. The quantitative estimate of drug-likeness (QED) is 0.697. The van der Waals surface area contributed by atoms with Gasteiger partial charge in [0.25, 0.3) is 0 Å². The molecule has 0 amide bonds. The number of ether oxygens (including phenoxy) is 2. The summed E-state index contributed by atoms with van der Waals surface area (Å²) in [5.74, 6) is 1.61. The van der Waals surface area contributed by atoms with E-state index in [2.05, 4.69) is 31.9 Å². The standard InChI is InChI=1S/C16H17Br2NO2/c1-11(19)15-10-13(18)5-6-16(15)21-8-7-20-14-4-2-3-12(17)9-14/h2-6,9-11H,7-8,19H2,1H3. The molecule has 112 valence electrons. The summed E-state index contributed by atoms with van der Waals surface area (Å²) < 4.78 is 13.4. The Morgan fingerprint density at radius 3 is 2.43 bits per heavy atom. The molecule has 2 aromatic carbocycles. The fourth-order valence-corrected chi connectivity index (χ4v) is 2.63. The molecule has 3 nitrogen and oxygen atoms in total. The molecule has 0 bridgehead atoms. The molecule has 0 spiro atoms. The second-order valence-electron chi connectivity index (χ2n) is 4.63. The van der Waals surface area contributed by atoms with Gasteiger partial charge in [0.15, 0.2) is 0 Å². The molecule has 0 aliphatic rings. The van der Waals surface area contributed by atoms with E-state index in [1.165, 1.54) is 0 Å². The second kappa shape index (κ2) is 7.82. The van der Waals surface area contributed by atoms with E-state index in [1.54, 1.807) is 0 Å². The summed E-state index contributed by atoms with van der Waals surface area (Å²) in [6.07, 6.45) is 0. The van der Waals surface area contributed by atoms with E-state index < -0.39 is 0 Å². The Kier molecular flexibility index (Phi) is 6.08. The van der Waals surface area contributed by atoms with Gasteiger partial charge in [0.2, 0.25) is 0 Å². The maximum absolute atomic E-state index is 5.96. The Morgan fingerprint density at radius 2 is 1.71 bits per heavy atom. The monoisotopic (exact) mass is 413 g/mol. The van der Waals surface area contributed by atoms with Gasteiger partial charge >= 0.3 is 0 Å². The minimum Gasteiger partial charge on any atom is -0.490 e. The highest BCUT2D eigenvalue weighted by Gasteiger charge is 2.08. The number of hydrogen-bond donors (Lipinski definition) is 1. The molecule has 2 aromatic rings. The SMILES string of the molecule is CC(N)c1cc(Br)ccc1OCCOc1cccc(Br)c1. The molecule has 0 aromatic heterocycles. The van der Waals surface area contributed by atoms with Crippen molar-refractivity contribution >= 4 is 31.9 Å². The Balaban J connectivity index is 1.89. The Bertz CT molecular complexity index is 603. The average molecular weight is 415 g/mol. The summed E-state index contributed by atoms with van der Waals surface area (Å²) in [5, 5.41) is 0. The molecule has 1 atom stereocenters. The van der Waals surface area contributed by atoms with E-state index in [9.17, 15) is 0 Å². The molecule has 1 unspecified atom stereocenters. The van der Waals surface area contributed by atoms with Gasteiger partial charge in [0.1, 0.15) is 24.7 Å². The van der Waals surface area contributed by atoms with Crippen molar-refractivity contribution in [3.05, 3.63) is 57.0 Å². The highest BCUT2D eigenvalue weighted by molar-refractivity contribution is 9.10. The summed E-state index contributed by atoms with van der Waals surface area (Å²) >= 11 is 6.85. The third kappa shape index (κ3) is 5.02. The molecular formula is C16H17Br2NO2. The van der Waals surface area contributed by atoms with E-state index in [0.29, 0.717) is 13.2 Å². The minimum absolute atomic E-state index is 0.0801. The van der Waals surface area contributed by atoms with Gasteiger partial charge < -0.3 is 15.2 Å². The van der Waals surface area contributed by atoms with Crippen LogP contribution >= 0.6 is 31.9 Å². The van der Waals surface area contributed by atoms with Crippen molar-refractivity contribution in [3.63, 3.8) is 0 Å². The van der Waals surface area contributed by atoms with E-state index >= 15 is 0 Å². The molecule has 0 aliphatic carbocycles. The van der Waals surface area contributed by atoms with Gasteiger partial charge in [0, 0.05) is 20.6 Å². The minimum atomic E-state index is -0.0801. The van der Waals surface area contributed by atoms with Crippen molar-refractivity contribution in [2.45, 2.75) is 13.0 Å². The lowest BCUT2D eigenvalue weighted by atomic mass is 10.1. The van der Waals surface area contributed by atoms with Gasteiger partial charge in [0.05, 0.1) is 0 Å². The molecular weight excluding hydrogens is 398 g/mol. The second-order valence-corrected chi connectivity index (χ2v) is 6.46. The van der Waals surface area contributed by atoms with Crippen molar-refractivity contribution in [1.82, 2.24) is 0 Å². The van der Waals surface area contributed by atoms with Crippen LogP contribution in [0.3, 0.4) is 0 Å². The lowest BCUT2D eigenvalue weighted by Crippen LogP contribution is -2.12. The van der Waals surface area contributed by atoms with Gasteiger partial charge in [-0.1, -0.05) is 37.9 Å². The third-order valence-electron chi connectivity index (χ3n) is 2.87. The lowest BCUT2D eigenvalue weighted by molar-refractivity contribution is 0.215. The fraction of sp³-hybridized carbons (Fsp3) is 0.250. The zero-order valence-electron chi connectivity index (χ0n) is 11.7. The third-order valence-corrected chi connectivity index (χ3v) is 3.85. The lowest BCUT2D eigenvalue weighted by Gasteiger charge is -2.15. The van der Waals surface area contributed by atoms with Gasteiger partial charge in [-0.25, -0.2) is 0 Å². The smallest absolute Gasteiger partial charge is 0.124 e. The number of rotatable bonds is 6. The molecule has 2 rings (SSSR count). The fourth-order valence-electron chi connectivity index (χ4n) is 1.87. The molecule has 0 aliphatic heterocycles. The van der Waals surface area contributed by atoms with Gasteiger partial charge in [-0.3, -0.25) is 0 Å². The van der Waals surface area contributed by atoms with Gasteiger partial charge in [-0.05, 0) is 43.3 Å². The molecule has 0 saturated carbocycles. The predicted molar refractivity (Wildman–Crippen MR) is 91.9 cm³/mol. The van der Waals surface area contributed by atoms with Gasteiger partial charge in [-0.2, -0.15) is 0 Å². The van der Waals surface area contributed by atoms with Crippen LogP contribution in [-0.4, -0.2) is 13.2 Å². The summed E-state index contributed by atoms with van der Waals surface area (Å²) in [4.78, 5) is 0. The molecule has 2 N–H and O–H groups in total. The van der Waals surface area contributed by atoms with Crippen LogP contribution in [-0.2, 0) is 0 Å². The van der Waals surface area contributed by atoms with Crippen LogP contribution in [0.4, 0.5) is 0 Å².